The van der Waals surface area contributed by atoms with E-state index < -0.39 is 0 Å². The minimum atomic E-state index is 0.114. The second-order valence-corrected chi connectivity index (χ2v) is 5.53. The normalized spacial score (nSPS) is 18.8. The Morgan fingerprint density at radius 1 is 1.46 bits per heavy atom. The highest BCUT2D eigenvalue weighted by Crippen LogP contribution is 2.21. The van der Waals surface area contributed by atoms with Crippen LogP contribution in [0, 0.1) is 5.92 Å². The Balaban J connectivity index is 2.12. The highest BCUT2D eigenvalue weighted by Gasteiger charge is 2.25. The summed E-state index contributed by atoms with van der Waals surface area (Å²) in [7, 11) is 0. The maximum Gasteiger partial charge on any atom is 0.233 e. The molecule has 0 unspecified atom stereocenters. The average Bonchev–Trinajstić information content (AvgIpc) is 2.83. The summed E-state index contributed by atoms with van der Waals surface area (Å²) >= 11 is 1.75. The lowest BCUT2D eigenvalue weighted by molar-refractivity contribution is -0.120. The van der Waals surface area contributed by atoms with E-state index in [0.717, 1.165) is 5.75 Å². The monoisotopic (exact) mass is 201 g/mol. The van der Waals surface area contributed by atoms with Gasteiger partial charge in [0, 0.05) is 6.04 Å². The van der Waals surface area contributed by atoms with Crippen molar-refractivity contribution in [2.75, 3.05) is 5.75 Å². The van der Waals surface area contributed by atoms with E-state index in [1.54, 1.807) is 11.8 Å². The van der Waals surface area contributed by atoms with Gasteiger partial charge in [-0.1, -0.05) is 13.8 Å². The fourth-order valence-electron chi connectivity index (χ4n) is 0.959. The molecule has 1 aliphatic rings. The molecule has 0 spiro atoms. The molecule has 1 saturated carbocycles. The fraction of sp³-hybridized carbons (Fsp3) is 0.900. The van der Waals surface area contributed by atoms with Crippen molar-refractivity contribution in [2.24, 2.45) is 5.92 Å². The maximum absolute atomic E-state index is 11.5. The first-order valence-corrected chi connectivity index (χ1v) is 6.06. The summed E-state index contributed by atoms with van der Waals surface area (Å²) in [4.78, 5) is 11.5. The molecule has 1 rings (SSSR count). The topological polar surface area (TPSA) is 29.1 Å². The predicted octanol–water partition coefficient (Wildman–Crippen LogP) is 2.04. The van der Waals surface area contributed by atoms with Crippen molar-refractivity contribution in [3.63, 3.8) is 0 Å². The van der Waals surface area contributed by atoms with Gasteiger partial charge in [-0.2, -0.15) is 0 Å². The summed E-state index contributed by atoms with van der Waals surface area (Å²) < 4.78 is 0. The fourth-order valence-corrected chi connectivity index (χ4v) is 1.85. The number of carbonyl (C=O) groups is 1. The van der Waals surface area contributed by atoms with Crippen LogP contribution in [0.4, 0.5) is 0 Å². The maximum atomic E-state index is 11.5. The van der Waals surface area contributed by atoms with Crippen molar-refractivity contribution in [1.82, 2.24) is 5.32 Å². The quantitative estimate of drug-likeness (QED) is 0.737. The number of rotatable bonds is 5. The van der Waals surface area contributed by atoms with Gasteiger partial charge in [0.15, 0.2) is 0 Å². The summed E-state index contributed by atoms with van der Waals surface area (Å²) in [5, 5.41) is 3.13. The minimum absolute atomic E-state index is 0.114. The third-order valence-electron chi connectivity index (χ3n) is 1.97. The van der Waals surface area contributed by atoms with Crippen molar-refractivity contribution < 1.29 is 4.79 Å². The van der Waals surface area contributed by atoms with Crippen LogP contribution in [0.25, 0.3) is 0 Å². The highest BCUT2D eigenvalue weighted by atomic mass is 32.2. The van der Waals surface area contributed by atoms with Crippen molar-refractivity contribution >= 4 is 17.7 Å². The zero-order chi connectivity index (χ0) is 9.84. The first-order valence-electron chi connectivity index (χ1n) is 5.01. The van der Waals surface area contributed by atoms with Gasteiger partial charge in [0.05, 0.1) is 5.25 Å². The lowest BCUT2D eigenvalue weighted by Crippen LogP contribution is -2.32. The van der Waals surface area contributed by atoms with Crippen LogP contribution in [0.2, 0.25) is 0 Å². The van der Waals surface area contributed by atoms with Crippen molar-refractivity contribution in [1.29, 1.82) is 0 Å². The molecule has 0 saturated heterocycles. The van der Waals surface area contributed by atoms with Gasteiger partial charge in [0.1, 0.15) is 0 Å². The third kappa shape index (κ3) is 4.55. The van der Waals surface area contributed by atoms with Gasteiger partial charge in [-0.15, -0.1) is 11.8 Å². The van der Waals surface area contributed by atoms with Crippen LogP contribution in [-0.4, -0.2) is 23.0 Å². The minimum Gasteiger partial charge on any atom is -0.352 e. The molecular weight excluding hydrogens is 182 g/mol. The molecule has 0 bridgehead atoms. The molecule has 3 heteroatoms. The third-order valence-corrected chi connectivity index (χ3v) is 3.55. The summed E-state index contributed by atoms with van der Waals surface area (Å²) in [5.41, 5.74) is 0. The number of thioether (sulfide) groups is 1. The van der Waals surface area contributed by atoms with E-state index in [2.05, 4.69) is 19.2 Å². The predicted molar refractivity (Wildman–Crippen MR) is 57.9 cm³/mol. The van der Waals surface area contributed by atoms with E-state index >= 15 is 0 Å². The second-order valence-electron chi connectivity index (χ2n) is 4.15. The molecule has 1 aliphatic carbocycles. The molecule has 0 aliphatic heterocycles. The molecule has 0 radical (unpaired) electrons. The van der Waals surface area contributed by atoms with Crippen molar-refractivity contribution in [3.8, 4) is 0 Å². The van der Waals surface area contributed by atoms with Crippen molar-refractivity contribution in [2.45, 2.75) is 44.9 Å². The highest BCUT2D eigenvalue weighted by molar-refractivity contribution is 8.00. The lowest BCUT2D eigenvalue weighted by Gasteiger charge is -2.12. The van der Waals surface area contributed by atoms with Crippen molar-refractivity contribution in [3.05, 3.63) is 0 Å². The number of hydrogen-bond donors (Lipinski definition) is 1. The molecule has 1 amide bonds. The zero-order valence-electron chi connectivity index (χ0n) is 8.67. The van der Waals surface area contributed by atoms with Gasteiger partial charge in [-0.25, -0.2) is 0 Å². The average molecular weight is 201 g/mol. The number of nitrogens with one attached hydrogen (secondary N) is 1. The number of hydrogen-bond acceptors (Lipinski definition) is 2. The van der Waals surface area contributed by atoms with E-state index in [9.17, 15) is 4.79 Å². The Hall–Kier alpha value is -0.180. The molecule has 1 N–H and O–H groups in total. The largest absolute Gasteiger partial charge is 0.352 e. The van der Waals surface area contributed by atoms with Gasteiger partial charge < -0.3 is 5.32 Å². The van der Waals surface area contributed by atoms with Crippen LogP contribution in [0.15, 0.2) is 0 Å². The Morgan fingerprint density at radius 3 is 2.54 bits per heavy atom. The van der Waals surface area contributed by atoms with E-state index in [1.807, 2.05) is 6.92 Å². The Bertz CT molecular complexity index is 178. The number of amides is 1. The SMILES string of the molecule is CC(C)CS[C@H](C)C(=O)NC1CC1. The summed E-state index contributed by atoms with van der Waals surface area (Å²) in [5.74, 6) is 1.95. The molecule has 0 aromatic rings. The van der Waals surface area contributed by atoms with Crippen LogP contribution in [0.3, 0.4) is 0 Å². The molecule has 76 valence electrons. The summed E-state index contributed by atoms with van der Waals surface area (Å²) in [6.45, 7) is 6.35. The van der Waals surface area contributed by atoms with E-state index in [1.165, 1.54) is 12.8 Å². The first-order chi connectivity index (χ1) is 6.09. The van der Waals surface area contributed by atoms with E-state index in [0.29, 0.717) is 12.0 Å². The standard InChI is InChI=1S/C10H19NOS/c1-7(2)6-13-8(3)10(12)11-9-4-5-9/h7-9H,4-6H2,1-3H3,(H,11,12)/t8-/m1/s1. The Kier molecular flexibility index (Phi) is 4.10. The first kappa shape index (κ1) is 10.9. The van der Waals surface area contributed by atoms with E-state index in [4.69, 9.17) is 0 Å². The number of carbonyl (C=O) groups excluding carboxylic acids is 1. The Morgan fingerprint density at radius 2 is 2.08 bits per heavy atom. The summed E-state index contributed by atoms with van der Waals surface area (Å²) in [6, 6.07) is 0.495. The van der Waals surface area contributed by atoms with Gasteiger partial charge in [-0.3, -0.25) is 4.79 Å². The van der Waals surface area contributed by atoms with Gasteiger partial charge in [0.2, 0.25) is 5.91 Å². The van der Waals surface area contributed by atoms with Crippen LogP contribution in [-0.2, 0) is 4.79 Å². The van der Waals surface area contributed by atoms with Crippen LogP contribution in [0.1, 0.15) is 33.6 Å². The molecule has 13 heavy (non-hydrogen) atoms. The lowest BCUT2D eigenvalue weighted by atomic mass is 10.3. The molecule has 0 heterocycles. The smallest absolute Gasteiger partial charge is 0.233 e. The van der Waals surface area contributed by atoms with Crippen LogP contribution >= 0.6 is 11.8 Å². The van der Waals surface area contributed by atoms with Gasteiger partial charge >= 0.3 is 0 Å². The van der Waals surface area contributed by atoms with Gasteiger partial charge in [-0.05, 0) is 31.4 Å². The molecule has 1 atom stereocenters. The molecule has 0 aromatic heterocycles. The molecule has 2 nitrogen and oxygen atoms in total. The van der Waals surface area contributed by atoms with Gasteiger partial charge in [0.25, 0.3) is 0 Å². The van der Waals surface area contributed by atoms with Crippen LogP contribution in [0.5, 0.6) is 0 Å². The summed E-state index contributed by atoms with van der Waals surface area (Å²) in [6.07, 6.45) is 2.35. The Labute approximate surface area is 84.9 Å². The second kappa shape index (κ2) is 4.89. The van der Waals surface area contributed by atoms with E-state index in [-0.39, 0.29) is 11.2 Å². The zero-order valence-corrected chi connectivity index (χ0v) is 9.49. The molecule has 0 aromatic carbocycles. The van der Waals surface area contributed by atoms with Crippen LogP contribution < -0.4 is 5.32 Å². The molecule has 1 fully saturated rings. The molecular formula is C10H19NOS.